The van der Waals surface area contributed by atoms with Gasteiger partial charge in [0.1, 0.15) is 0 Å². The topological polar surface area (TPSA) is 0 Å². The molecule has 29 heavy (non-hydrogen) atoms. The first-order valence-corrected chi connectivity index (χ1v) is 11.3. The largest absolute Gasteiger partial charge is 0.136 e. The van der Waals surface area contributed by atoms with Crippen LogP contribution in [0, 0.1) is 0 Å². The zero-order valence-corrected chi connectivity index (χ0v) is 18.7. The third kappa shape index (κ3) is 3.36. The van der Waals surface area contributed by atoms with Gasteiger partial charge in [0.05, 0.1) is 5.41 Å². The number of benzene rings is 4. The van der Waals surface area contributed by atoms with Gasteiger partial charge in [0.15, 0.2) is 0 Å². The lowest BCUT2D eigenvalue weighted by molar-refractivity contribution is 0.471. The van der Waals surface area contributed by atoms with Crippen molar-refractivity contribution in [3.8, 4) is 0 Å². The average molecular weight is 412 g/mol. The van der Waals surface area contributed by atoms with Crippen molar-refractivity contribution in [1.29, 1.82) is 0 Å². The first kappa shape index (κ1) is 20.0. The van der Waals surface area contributed by atoms with Gasteiger partial charge in [-0.05, 0) is 28.4 Å². The quantitative estimate of drug-likeness (QED) is 0.245. The van der Waals surface area contributed by atoms with Gasteiger partial charge >= 0.3 is 0 Å². The van der Waals surface area contributed by atoms with Crippen molar-refractivity contribution in [3.05, 3.63) is 144 Å². The Kier molecular flexibility index (Phi) is 5.96. The van der Waals surface area contributed by atoms with Gasteiger partial charge in [-0.1, -0.05) is 121 Å². The SMILES string of the molecule is PCC(P)(c1ccccc1)C(c1ccccc1)(c1ccccc1)c1ccccc1. The fourth-order valence-electron chi connectivity index (χ4n) is 4.56. The molecule has 0 aliphatic heterocycles. The predicted molar refractivity (Wildman–Crippen MR) is 132 cm³/mol. The molecule has 0 heterocycles. The second-order valence-corrected chi connectivity index (χ2v) is 8.78. The van der Waals surface area contributed by atoms with Crippen LogP contribution in [0.1, 0.15) is 22.3 Å². The molecule has 0 fully saturated rings. The van der Waals surface area contributed by atoms with Crippen molar-refractivity contribution in [2.45, 2.75) is 10.6 Å². The average Bonchev–Trinajstić information content (AvgIpc) is 2.82. The summed E-state index contributed by atoms with van der Waals surface area (Å²) in [6.07, 6.45) is 0.889. The van der Waals surface area contributed by atoms with Gasteiger partial charge in [0.25, 0.3) is 0 Å². The fourth-order valence-corrected chi connectivity index (χ4v) is 5.79. The summed E-state index contributed by atoms with van der Waals surface area (Å²) in [7, 11) is 6.27. The van der Waals surface area contributed by atoms with Gasteiger partial charge < -0.3 is 0 Å². The Morgan fingerprint density at radius 2 is 0.724 bits per heavy atom. The van der Waals surface area contributed by atoms with E-state index < -0.39 is 0 Å². The molecule has 0 spiro atoms. The van der Waals surface area contributed by atoms with E-state index in [1.54, 1.807) is 0 Å². The lowest BCUT2D eigenvalue weighted by Gasteiger charge is -2.50. The first-order chi connectivity index (χ1) is 14.2. The van der Waals surface area contributed by atoms with Gasteiger partial charge in [-0.15, -0.1) is 18.5 Å². The van der Waals surface area contributed by atoms with Crippen LogP contribution >= 0.6 is 18.5 Å². The van der Waals surface area contributed by atoms with Gasteiger partial charge in [0.2, 0.25) is 0 Å². The van der Waals surface area contributed by atoms with Crippen LogP contribution in [0.15, 0.2) is 121 Å². The molecule has 3 atom stereocenters. The first-order valence-electron chi connectivity index (χ1n) is 9.94. The van der Waals surface area contributed by atoms with E-state index in [1.165, 1.54) is 22.3 Å². The van der Waals surface area contributed by atoms with Crippen molar-refractivity contribution in [2.24, 2.45) is 0 Å². The molecular weight excluding hydrogens is 386 g/mol. The minimum atomic E-state index is -0.370. The molecule has 0 radical (unpaired) electrons. The molecule has 0 amide bonds. The lowest BCUT2D eigenvalue weighted by Crippen LogP contribution is -2.48. The summed E-state index contributed by atoms with van der Waals surface area (Å²) in [5.41, 5.74) is 4.80. The van der Waals surface area contributed by atoms with E-state index in [2.05, 4.69) is 140 Å². The smallest absolute Gasteiger partial charge is 0.0585 e. The second kappa shape index (κ2) is 8.62. The maximum absolute atomic E-state index is 3.25. The van der Waals surface area contributed by atoms with Crippen molar-refractivity contribution >= 4 is 18.5 Å². The summed E-state index contributed by atoms with van der Waals surface area (Å²) in [5, 5.41) is -0.261. The highest BCUT2D eigenvalue weighted by Crippen LogP contribution is 2.57. The third-order valence-electron chi connectivity index (χ3n) is 5.90. The molecule has 0 aliphatic carbocycles. The molecule has 4 aromatic rings. The fraction of sp³-hybridized carbons (Fsp3) is 0.111. The van der Waals surface area contributed by atoms with Crippen LogP contribution in [0.2, 0.25) is 0 Å². The Morgan fingerprint density at radius 1 is 0.448 bits per heavy atom. The van der Waals surface area contributed by atoms with Crippen LogP contribution in [0.25, 0.3) is 0 Å². The zero-order chi connectivity index (χ0) is 20.2. The van der Waals surface area contributed by atoms with Crippen LogP contribution in [0.3, 0.4) is 0 Å². The van der Waals surface area contributed by atoms with E-state index in [0.29, 0.717) is 0 Å². The third-order valence-corrected chi connectivity index (χ3v) is 8.02. The summed E-state index contributed by atoms with van der Waals surface area (Å²) >= 11 is 0. The second-order valence-electron chi connectivity index (χ2n) is 7.39. The standard InChI is InChI=1S/C27H26P2/c28-21-26(29,22-13-5-1-6-14-22)27(23-15-7-2-8-16-23,24-17-9-3-10-18-24)25-19-11-4-12-20-25/h1-20H,21,28-29H2. The van der Waals surface area contributed by atoms with E-state index in [-0.39, 0.29) is 10.6 Å². The zero-order valence-electron chi connectivity index (χ0n) is 16.4. The highest BCUT2D eigenvalue weighted by atomic mass is 31.0. The Hall–Kier alpha value is -2.26. The van der Waals surface area contributed by atoms with Crippen molar-refractivity contribution < 1.29 is 0 Å². The summed E-state index contributed by atoms with van der Waals surface area (Å²) in [6.45, 7) is 0. The molecule has 0 N–H and O–H groups in total. The minimum Gasteiger partial charge on any atom is -0.136 e. The summed E-state index contributed by atoms with van der Waals surface area (Å²) in [6, 6.07) is 43.6. The molecule has 2 heteroatoms. The summed E-state index contributed by atoms with van der Waals surface area (Å²) < 4.78 is 0. The van der Waals surface area contributed by atoms with Crippen LogP contribution < -0.4 is 0 Å². The molecule has 4 rings (SSSR count). The molecule has 0 nitrogen and oxygen atoms in total. The number of rotatable bonds is 6. The molecule has 0 aromatic heterocycles. The normalized spacial score (nSPS) is 13.6. The number of hydrogen-bond donors (Lipinski definition) is 0. The van der Waals surface area contributed by atoms with Crippen LogP contribution in [-0.2, 0) is 10.6 Å². The van der Waals surface area contributed by atoms with E-state index in [4.69, 9.17) is 0 Å². The molecule has 4 aromatic carbocycles. The van der Waals surface area contributed by atoms with Crippen LogP contribution in [0.4, 0.5) is 0 Å². The van der Waals surface area contributed by atoms with Gasteiger partial charge in [-0.3, -0.25) is 0 Å². The maximum atomic E-state index is 3.25. The molecular formula is C27H26P2. The molecule has 0 saturated heterocycles. The van der Waals surface area contributed by atoms with Crippen LogP contribution in [0.5, 0.6) is 0 Å². The van der Waals surface area contributed by atoms with E-state index in [9.17, 15) is 0 Å². The Morgan fingerprint density at radius 3 is 1.00 bits per heavy atom. The maximum Gasteiger partial charge on any atom is 0.0585 e. The minimum absolute atomic E-state index is 0.261. The van der Waals surface area contributed by atoms with E-state index >= 15 is 0 Å². The van der Waals surface area contributed by atoms with Crippen molar-refractivity contribution in [1.82, 2.24) is 0 Å². The predicted octanol–water partition coefficient (Wildman–Crippen LogP) is 6.67. The monoisotopic (exact) mass is 412 g/mol. The Labute approximate surface area is 178 Å². The van der Waals surface area contributed by atoms with Crippen molar-refractivity contribution in [3.63, 3.8) is 0 Å². The van der Waals surface area contributed by atoms with Crippen molar-refractivity contribution in [2.75, 3.05) is 6.16 Å². The Bertz CT molecular complexity index is 934. The number of hydrogen-bond acceptors (Lipinski definition) is 0. The van der Waals surface area contributed by atoms with E-state index in [1.807, 2.05) is 0 Å². The summed E-state index contributed by atoms with van der Waals surface area (Å²) in [4.78, 5) is 0. The van der Waals surface area contributed by atoms with Gasteiger partial charge in [-0.2, -0.15) is 0 Å². The summed E-state index contributed by atoms with van der Waals surface area (Å²) in [5.74, 6) is 0. The molecule has 0 saturated carbocycles. The Balaban J connectivity index is 2.17. The van der Waals surface area contributed by atoms with Gasteiger partial charge in [0, 0.05) is 5.16 Å². The molecule has 144 valence electrons. The molecule has 0 aliphatic rings. The highest BCUT2D eigenvalue weighted by Gasteiger charge is 2.52. The molecule has 3 unspecified atom stereocenters. The lowest BCUT2D eigenvalue weighted by atomic mass is 9.60. The molecule has 0 bridgehead atoms. The van der Waals surface area contributed by atoms with E-state index in [0.717, 1.165) is 6.16 Å². The van der Waals surface area contributed by atoms with Gasteiger partial charge in [-0.25, -0.2) is 0 Å². The van der Waals surface area contributed by atoms with Crippen LogP contribution in [-0.4, -0.2) is 6.16 Å². The highest BCUT2D eigenvalue weighted by molar-refractivity contribution is 7.23.